The summed E-state index contributed by atoms with van der Waals surface area (Å²) >= 11 is 0. The van der Waals surface area contributed by atoms with Crippen LogP contribution in [0.2, 0.25) is 0 Å². The molecule has 0 unspecified atom stereocenters. The van der Waals surface area contributed by atoms with Crippen LogP contribution in [0, 0.1) is 11.6 Å². The van der Waals surface area contributed by atoms with E-state index in [0.29, 0.717) is 5.56 Å². The average molecular weight is 388 g/mol. The van der Waals surface area contributed by atoms with Crippen molar-refractivity contribution in [2.75, 3.05) is 6.61 Å². The molecule has 0 spiro atoms. The molecule has 2 aromatic rings. The van der Waals surface area contributed by atoms with E-state index in [9.17, 15) is 18.7 Å². The zero-order chi connectivity index (χ0) is 20.1. The fraction of sp³-hybridized carbons (Fsp3) is 0.435. The van der Waals surface area contributed by atoms with Crippen LogP contribution in [0.25, 0.3) is 11.1 Å². The van der Waals surface area contributed by atoms with Gasteiger partial charge in [0.15, 0.2) is 0 Å². The van der Waals surface area contributed by atoms with Gasteiger partial charge in [-0.1, -0.05) is 19.4 Å². The van der Waals surface area contributed by atoms with Crippen molar-refractivity contribution in [3.8, 4) is 11.1 Å². The van der Waals surface area contributed by atoms with Crippen molar-refractivity contribution in [3.63, 3.8) is 0 Å². The molecule has 0 bridgehead atoms. The van der Waals surface area contributed by atoms with E-state index < -0.39 is 17.6 Å². The Bertz CT molecular complexity index is 827. The summed E-state index contributed by atoms with van der Waals surface area (Å²) in [5, 5.41) is 9.60. The molecule has 0 atom stereocenters. The fourth-order valence-corrected chi connectivity index (χ4v) is 3.92. The van der Waals surface area contributed by atoms with Crippen LogP contribution in [0.15, 0.2) is 36.4 Å². The van der Waals surface area contributed by atoms with Crippen LogP contribution in [0.5, 0.6) is 0 Å². The first kappa shape index (κ1) is 20.5. The summed E-state index contributed by atoms with van der Waals surface area (Å²) in [5.74, 6) is -2.17. The van der Waals surface area contributed by atoms with E-state index >= 15 is 0 Å². The van der Waals surface area contributed by atoms with Crippen molar-refractivity contribution in [2.45, 2.75) is 57.5 Å². The molecule has 1 aliphatic carbocycles. The van der Waals surface area contributed by atoms with Gasteiger partial charge >= 0.3 is 5.97 Å². The molecule has 3 rings (SSSR count). The smallest absolute Gasteiger partial charge is 0.335 e. The normalized spacial score (nSPS) is 19.5. The summed E-state index contributed by atoms with van der Waals surface area (Å²) < 4.78 is 33.3. The molecule has 0 aliphatic heterocycles. The number of hydrogen-bond donors (Lipinski definition) is 1. The minimum atomic E-state index is -0.984. The number of carboxylic acids is 1. The van der Waals surface area contributed by atoms with Gasteiger partial charge in [0, 0.05) is 18.2 Å². The second-order valence-corrected chi connectivity index (χ2v) is 7.43. The van der Waals surface area contributed by atoms with E-state index in [1.165, 1.54) is 18.2 Å². The van der Waals surface area contributed by atoms with Crippen LogP contribution >= 0.6 is 0 Å². The number of carboxylic acid groups (broad SMARTS) is 1. The maximum absolute atomic E-state index is 14.2. The maximum atomic E-state index is 14.2. The molecular weight excluding hydrogens is 362 g/mol. The van der Waals surface area contributed by atoms with Crippen molar-refractivity contribution >= 4 is 5.97 Å². The van der Waals surface area contributed by atoms with Gasteiger partial charge in [-0.15, -0.1) is 0 Å². The number of benzene rings is 2. The molecule has 1 aliphatic rings. The highest BCUT2D eigenvalue weighted by Gasteiger charge is 2.26. The number of carbonyl (C=O) groups is 1. The third-order valence-corrected chi connectivity index (χ3v) is 5.49. The molecule has 0 heterocycles. The molecule has 0 saturated heterocycles. The van der Waals surface area contributed by atoms with Gasteiger partial charge in [0.05, 0.1) is 11.7 Å². The van der Waals surface area contributed by atoms with Crippen LogP contribution in [0.3, 0.4) is 0 Å². The number of halogens is 2. The van der Waals surface area contributed by atoms with Crippen molar-refractivity contribution in [3.05, 3.63) is 59.2 Å². The molecule has 3 nitrogen and oxygen atoms in total. The lowest BCUT2D eigenvalue weighted by Gasteiger charge is -2.30. The lowest BCUT2D eigenvalue weighted by molar-refractivity contribution is 0.0231. The van der Waals surface area contributed by atoms with Gasteiger partial charge in [-0.25, -0.2) is 13.6 Å². The Labute approximate surface area is 164 Å². The number of unbranched alkanes of at least 4 members (excludes halogenated alkanes) is 1. The third kappa shape index (κ3) is 4.76. The van der Waals surface area contributed by atoms with Crippen LogP contribution in [0.1, 0.15) is 67.3 Å². The van der Waals surface area contributed by atoms with Gasteiger partial charge in [-0.2, -0.15) is 0 Å². The summed E-state index contributed by atoms with van der Waals surface area (Å²) in [6, 6.07) is 8.31. The number of hydrogen-bond acceptors (Lipinski definition) is 2. The molecule has 2 aromatic carbocycles. The zero-order valence-corrected chi connectivity index (χ0v) is 16.1. The lowest BCUT2D eigenvalue weighted by atomic mass is 9.80. The Morgan fingerprint density at radius 3 is 2.50 bits per heavy atom. The molecule has 0 radical (unpaired) electrons. The first-order chi connectivity index (χ1) is 13.5. The Balaban J connectivity index is 1.82. The molecule has 5 heteroatoms. The molecule has 1 saturated carbocycles. The van der Waals surface area contributed by atoms with Crippen LogP contribution in [0.4, 0.5) is 8.78 Å². The number of rotatable bonds is 7. The lowest BCUT2D eigenvalue weighted by Crippen LogP contribution is -2.22. The van der Waals surface area contributed by atoms with Crippen LogP contribution in [-0.2, 0) is 4.74 Å². The largest absolute Gasteiger partial charge is 0.478 e. The van der Waals surface area contributed by atoms with E-state index in [-0.39, 0.29) is 23.1 Å². The Morgan fingerprint density at radius 2 is 1.86 bits per heavy atom. The van der Waals surface area contributed by atoms with E-state index in [0.717, 1.165) is 56.8 Å². The summed E-state index contributed by atoms with van der Waals surface area (Å²) in [5.41, 5.74) is 1.82. The first-order valence-corrected chi connectivity index (χ1v) is 9.93. The standard InChI is InChI=1S/C23H26F2O3/c1-2-3-12-28-18-8-4-15(5-9-18)21-13-16(6-10-20(21)23(26)27)19-11-7-17(24)14-22(19)25/h6-7,10-11,13-15,18H,2-5,8-9,12H2,1H3,(H,26,27). The number of aromatic carboxylic acids is 1. The quantitative estimate of drug-likeness (QED) is 0.577. The molecule has 1 fully saturated rings. The minimum absolute atomic E-state index is 0.0978. The van der Waals surface area contributed by atoms with Crippen molar-refractivity contribution in [1.82, 2.24) is 0 Å². The van der Waals surface area contributed by atoms with Crippen molar-refractivity contribution in [2.24, 2.45) is 0 Å². The van der Waals surface area contributed by atoms with Crippen molar-refractivity contribution in [1.29, 1.82) is 0 Å². The maximum Gasteiger partial charge on any atom is 0.335 e. The van der Waals surface area contributed by atoms with Gasteiger partial charge in [-0.05, 0) is 73.4 Å². The monoisotopic (exact) mass is 388 g/mol. The predicted octanol–water partition coefficient (Wildman–Crippen LogP) is 6.17. The third-order valence-electron chi connectivity index (χ3n) is 5.49. The second kappa shape index (κ2) is 9.28. The Hall–Kier alpha value is -2.27. The molecule has 0 aromatic heterocycles. The van der Waals surface area contributed by atoms with E-state index in [1.54, 1.807) is 12.1 Å². The topological polar surface area (TPSA) is 46.5 Å². The van der Waals surface area contributed by atoms with E-state index in [4.69, 9.17) is 4.74 Å². The van der Waals surface area contributed by atoms with E-state index in [1.807, 2.05) is 0 Å². The summed E-state index contributed by atoms with van der Waals surface area (Å²) in [7, 11) is 0. The Kier molecular flexibility index (Phi) is 6.79. The summed E-state index contributed by atoms with van der Waals surface area (Å²) in [6.07, 6.45) is 5.84. The highest BCUT2D eigenvalue weighted by atomic mass is 19.1. The van der Waals surface area contributed by atoms with Crippen LogP contribution in [-0.4, -0.2) is 23.8 Å². The molecule has 1 N–H and O–H groups in total. The molecule has 150 valence electrons. The first-order valence-electron chi connectivity index (χ1n) is 9.93. The highest BCUT2D eigenvalue weighted by Crippen LogP contribution is 2.38. The van der Waals surface area contributed by atoms with Crippen LogP contribution < -0.4 is 0 Å². The van der Waals surface area contributed by atoms with Crippen molar-refractivity contribution < 1.29 is 23.4 Å². The molecular formula is C23H26F2O3. The fourth-order valence-electron chi connectivity index (χ4n) is 3.92. The molecule has 0 amide bonds. The van der Waals surface area contributed by atoms with Gasteiger partial charge < -0.3 is 9.84 Å². The highest BCUT2D eigenvalue weighted by molar-refractivity contribution is 5.90. The summed E-state index contributed by atoms with van der Waals surface area (Å²) in [4.78, 5) is 11.7. The Morgan fingerprint density at radius 1 is 1.11 bits per heavy atom. The SMILES string of the molecule is CCCCOC1CCC(c2cc(-c3ccc(F)cc3F)ccc2C(=O)O)CC1. The predicted molar refractivity (Wildman–Crippen MR) is 105 cm³/mol. The minimum Gasteiger partial charge on any atom is -0.478 e. The molecule has 28 heavy (non-hydrogen) atoms. The van der Waals surface area contributed by atoms with Gasteiger partial charge in [0.1, 0.15) is 11.6 Å². The summed E-state index contributed by atoms with van der Waals surface area (Å²) in [6.45, 7) is 2.90. The van der Waals surface area contributed by atoms with E-state index in [2.05, 4.69) is 6.92 Å². The van der Waals surface area contributed by atoms with Gasteiger partial charge in [-0.3, -0.25) is 0 Å². The van der Waals surface area contributed by atoms with Gasteiger partial charge in [0.2, 0.25) is 0 Å². The zero-order valence-electron chi connectivity index (χ0n) is 16.1. The second-order valence-electron chi connectivity index (χ2n) is 7.43. The van der Waals surface area contributed by atoms with Gasteiger partial charge in [0.25, 0.3) is 0 Å². The average Bonchev–Trinajstić information content (AvgIpc) is 2.68. The number of ether oxygens (including phenoxy) is 1.